The molecule has 12 heteroatoms. The van der Waals surface area contributed by atoms with Crippen molar-refractivity contribution < 1.29 is 14.6 Å². The molecule has 0 unspecified atom stereocenters. The lowest BCUT2D eigenvalue weighted by Crippen LogP contribution is -2.30. The fourth-order valence-corrected chi connectivity index (χ4v) is 3.64. The average Bonchev–Trinajstić information content (AvgIpc) is 3.24. The largest absolute Gasteiger partial charge is 0.497 e. The third kappa shape index (κ3) is 5.42. The smallest absolute Gasteiger partial charge is 0.329 e. The lowest BCUT2D eigenvalue weighted by Gasteiger charge is -2.15. The zero-order chi connectivity index (χ0) is 25.8. The van der Waals surface area contributed by atoms with E-state index in [2.05, 4.69) is 20.5 Å². The average molecular weight is 513 g/mol. The lowest BCUT2D eigenvalue weighted by atomic mass is 10.1. The van der Waals surface area contributed by atoms with Crippen molar-refractivity contribution >= 4 is 34.4 Å². The molecule has 0 aliphatic carbocycles. The SMILES string of the molecule is COc1ccc(OC[C@H](O)Cn2c(N/N=C(\C)c3ccc(Cl)cc3)nc3c2c(=O)[nH]c(=O)n3C)cc1. The number of aromatic amines is 1. The van der Waals surface area contributed by atoms with Crippen molar-refractivity contribution in [2.24, 2.45) is 12.1 Å². The zero-order valence-electron chi connectivity index (χ0n) is 19.9. The van der Waals surface area contributed by atoms with Crippen LogP contribution in [0.5, 0.6) is 11.5 Å². The van der Waals surface area contributed by atoms with Crippen molar-refractivity contribution in [2.45, 2.75) is 19.6 Å². The summed E-state index contributed by atoms with van der Waals surface area (Å²) < 4.78 is 13.5. The number of benzene rings is 2. The molecule has 0 aliphatic rings. The number of nitrogens with zero attached hydrogens (tertiary/aromatic N) is 4. The summed E-state index contributed by atoms with van der Waals surface area (Å²) in [5.74, 6) is 1.41. The van der Waals surface area contributed by atoms with E-state index in [9.17, 15) is 14.7 Å². The number of aromatic nitrogens is 4. The first-order valence-electron chi connectivity index (χ1n) is 11.0. The molecule has 0 amide bonds. The summed E-state index contributed by atoms with van der Waals surface area (Å²) in [5.41, 5.74) is 3.34. The van der Waals surface area contributed by atoms with Crippen molar-refractivity contribution in [1.29, 1.82) is 0 Å². The Morgan fingerprint density at radius 1 is 1.17 bits per heavy atom. The molecule has 4 aromatic rings. The second-order valence-corrected chi connectivity index (χ2v) is 8.43. The van der Waals surface area contributed by atoms with Gasteiger partial charge < -0.3 is 19.1 Å². The number of imidazole rings is 1. The van der Waals surface area contributed by atoms with Crippen LogP contribution in [-0.2, 0) is 13.6 Å². The van der Waals surface area contributed by atoms with Gasteiger partial charge in [0, 0.05) is 12.1 Å². The summed E-state index contributed by atoms with van der Waals surface area (Å²) in [5, 5.41) is 15.7. The monoisotopic (exact) mass is 512 g/mol. The van der Waals surface area contributed by atoms with Crippen LogP contribution in [-0.4, -0.2) is 49.7 Å². The highest BCUT2D eigenvalue weighted by atomic mass is 35.5. The number of anilines is 1. The van der Waals surface area contributed by atoms with Gasteiger partial charge in [0.05, 0.1) is 19.4 Å². The first kappa shape index (κ1) is 25.0. The van der Waals surface area contributed by atoms with E-state index in [-0.39, 0.29) is 30.3 Å². The number of rotatable bonds is 9. The fraction of sp³-hybridized carbons (Fsp3) is 0.250. The van der Waals surface area contributed by atoms with Gasteiger partial charge in [-0.05, 0) is 48.9 Å². The maximum Gasteiger partial charge on any atom is 0.329 e. The molecule has 0 bridgehead atoms. The number of ether oxygens (including phenoxy) is 2. The van der Waals surface area contributed by atoms with Crippen LogP contribution in [0.3, 0.4) is 0 Å². The molecule has 11 nitrogen and oxygen atoms in total. The molecule has 2 heterocycles. The summed E-state index contributed by atoms with van der Waals surface area (Å²) in [7, 11) is 3.06. The van der Waals surface area contributed by atoms with Gasteiger partial charge in [-0.1, -0.05) is 23.7 Å². The van der Waals surface area contributed by atoms with E-state index in [1.165, 1.54) is 16.2 Å². The third-order valence-electron chi connectivity index (χ3n) is 5.49. The molecule has 2 aromatic heterocycles. The standard InChI is InChI=1S/C24H25ClN6O5/c1-14(15-4-6-16(25)7-5-15)28-29-23-26-21-20(22(33)27-24(34)30(21)2)31(23)12-17(32)13-36-19-10-8-18(35-3)9-11-19/h4-11,17,32H,12-13H2,1-3H3,(H,26,29)(H,27,33,34)/b28-14+/t17-/m1/s1. The van der Waals surface area contributed by atoms with E-state index >= 15 is 0 Å². The normalized spacial score (nSPS) is 12.5. The van der Waals surface area contributed by atoms with E-state index < -0.39 is 17.4 Å². The van der Waals surface area contributed by atoms with Crippen LogP contribution in [0.25, 0.3) is 11.2 Å². The quantitative estimate of drug-likeness (QED) is 0.231. The van der Waals surface area contributed by atoms with Crippen molar-refractivity contribution in [3.05, 3.63) is 80.0 Å². The minimum atomic E-state index is -1.01. The molecule has 0 aliphatic heterocycles. The van der Waals surface area contributed by atoms with Crippen LogP contribution in [0.4, 0.5) is 5.95 Å². The summed E-state index contributed by atoms with van der Waals surface area (Å²) in [6, 6.07) is 14.1. The number of aliphatic hydroxyl groups is 1. The Balaban J connectivity index is 1.62. The minimum Gasteiger partial charge on any atom is -0.497 e. The van der Waals surface area contributed by atoms with Crippen molar-refractivity contribution in [3.8, 4) is 11.5 Å². The molecule has 1 atom stereocenters. The fourth-order valence-electron chi connectivity index (χ4n) is 3.51. The second-order valence-electron chi connectivity index (χ2n) is 7.99. The number of H-pyrrole nitrogens is 1. The number of hydrazone groups is 1. The van der Waals surface area contributed by atoms with E-state index in [1.807, 2.05) is 12.1 Å². The van der Waals surface area contributed by atoms with Crippen molar-refractivity contribution in [3.63, 3.8) is 0 Å². The first-order valence-corrected chi connectivity index (χ1v) is 11.4. The van der Waals surface area contributed by atoms with Gasteiger partial charge in [0.2, 0.25) is 5.95 Å². The van der Waals surface area contributed by atoms with Crippen LogP contribution in [0.2, 0.25) is 5.02 Å². The first-order chi connectivity index (χ1) is 17.3. The molecule has 0 spiro atoms. The molecule has 0 fully saturated rings. The Labute approximate surface area is 210 Å². The molecule has 0 saturated heterocycles. The van der Waals surface area contributed by atoms with E-state index in [4.69, 9.17) is 21.1 Å². The van der Waals surface area contributed by atoms with E-state index in [0.717, 1.165) is 5.56 Å². The predicted octanol–water partition coefficient (Wildman–Crippen LogP) is 2.36. The van der Waals surface area contributed by atoms with Crippen LogP contribution >= 0.6 is 11.6 Å². The predicted molar refractivity (Wildman–Crippen MR) is 137 cm³/mol. The Morgan fingerprint density at radius 2 is 1.83 bits per heavy atom. The molecule has 4 rings (SSSR count). The highest BCUT2D eigenvalue weighted by molar-refractivity contribution is 6.30. The van der Waals surface area contributed by atoms with Crippen LogP contribution in [0.15, 0.2) is 63.2 Å². The molecule has 36 heavy (non-hydrogen) atoms. The van der Waals surface area contributed by atoms with Gasteiger partial charge in [-0.15, -0.1) is 0 Å². The van der Waals surface area contributed by atoms with Crippen molar-refractivity contribution in [2.75, 3.05) is 19.1 Å². The maximum atomic E-state index is 12.7. The number of fused-ring (bicyclic) bond motifs is 1. The molecule has 0 radical (unpaired) electrons. The van der Waals surface area contributed by atoms with Gasteiger partial charge in [0.25, 0.3) is 5.56 Å². The van der Waals surface area contributed by atoms with Crippen molar-refractivity contribution in [1.82, 2.24) is 19.1 Å². The molecule has 188 valence electrons. The van der Waals surface area contributed by atoms with Gasteiger partial charge in [0.1, 0.15) is 24.2 Å². The number of methoxy groups -OCH3 is 1. The van der Waals surface area contributed by atoms with Gasteiger partial charge in [-0.3, -0.25) is 14.3 Å². The lowest BCUT2D eigenvalue weighted by molar-refractivity contribution is 0.0938. The molecule has 3 N–H and O–H groups in total. The number of hydrogen-bond donors (Lipinski definition) is 3. The number of aryl methyl sites for hydroxylation is 1. The number of nitrogens with one attached hydrogen (secondary N) is 2. The van der Waals surface area contributed by atoms with Gasteiger partial charge >= 0.3 is 5.69 Å². The summed E-state index contributed by atoms with van der Waals surface area (Å²) in [6.07, 6.45) is -1.01. The minimum absolute atomic E-state index is 0.0498. The zero-order valence-corrected chi connectivity index (χ0v) is 20.6. The summed E-state index contributed by atoms with van der Waals surface area (Å²) in [4.78, 5) is 31.4. The van der Waals surface area contributed by atoms with Crippen LogP contribution < -0.4 is 26.1 Å². The molecular formula is C24H25ClN6O5. The maximum absolute atomic E-state index is 12.7. The summed E-state index contributed by atoms with van der Waals surface area (Å²) >= 11 is 5.96. The number of aliphatic hydroxyl groups excluding tert-OH is 1. The topological polar surface area (TPSA) is 136 Å². The highest BCUT2D eigenvalue weighted by Gasteiger charge is 2.20. The molecule has 0 saturated carbocycles. The van der Waals surface area contributed by atoms with Gasteiger partial charge in [0.15, 0.2) is 11.2 Å². The Morgan fingerprint density at radius 3 is 2.50 bits per heavy atom. The number of halogens is 1. The second kappa shape index (κ2) is 10.7. The van der Waals surface area contributed by atoms with E-state index in [1.54, 1.807) is 50.4 Å². The molecular weight excluding hydrogens is 488 g/mol. The van der Waals surface area contributed by atoms with Crippen LogP contribution in [0, 0.1) is 0 Å². The highest BCUT2D eigenvalue weighted by Crippen LogP contribution is 2.19. The Kier molecular flexibility index (Phi) is 7.41. The summed E-state index contributed by atoms with van der Waals surface area (Å²) in [6.45, 7) is 1.69. The van der Waals surface area contributed by atoms with Gasteiger partial charge in [-0.2, -0.15) is 10.1 Å². The van der Waals surface area contributed by atoms with Gasteiger partial charge in [-0.25, -0.2) is 10.2 Å². The Bertz CT molecular complexity index is 1510. The molecule has 2 aromatic carbocycles. The third-order valence-corrected chi connectivity index (χ3v) is 5.74. The van der Waals surface area contributed by atoms with E-state index in [0.29, 0.717) is 22.2 Å². The number of hydrogen-bond acceptors (Lipinski definition) is 8. The Hall–Kier alpha value is -4.09. The van der Waals surface area contributed by atoms with Crippen LogP contribution in [0.1, 0.15) is 12.5 Å².